The van der Waals surface area contributed by atoms with Crippen LogP contribution in [0.5, 0.6) is 0 Å². The lowest BCUT2D eigenvalue weighted by Crippen LogP contribution is -2.37. The van der Waals surface area contributed by atoms with E-state index < -0.39 is 12.7 Å². The number of hydrogen-bond acceptors (Lipinski definition) is 3. The molecule has 0 radical (unpaired) electrons. The minimum atomic E-state index is -4.15. The first kappa shape index (κ1) is 19.2. The molecule has 1 saturated heterocycles. The number of nitrogens with one attached hydrogen (secondary N) is 1. The molecule has 1 aliphatic rings. The first-order chi connectivity index (χ1) is 11.3. The lowest BCUT2D eigenvalue weighted by atomic mass is 10.3. The third-order valence-electron chi connectivity index (χ3n) is 3.87. The van der Waals surface area contributed by atoms with E-state index in [0.717, 1.165) is 16.7 Å². The van der Waals surface area contributed by atoms with Crippen molar-refractivity contribution in [2.24, 2.45) is 0 Å². The van der Waals surface area contributed by atoms with Gasteiger partial charge in [-0.15, -0.1) is 0 Å². The van der Waals surface area contributed by atoms with Crippen LogP contribution in [0.25, 0.3) is 0 Å². The molecule has 1 aromatic rings. The van der Waals surface area contributed by atoms with Gasteiger partial charge >= 0.3 is 6.18 Å². The van der Waals surface area contributed by atoms with Crippen LogP contribution in [0.3, 0.4) is 0 Å². The number of amides is 1. The van der Waals surface area contributed by atoms with Crippen molar-refractivity contribution in [1.82, 2.24) is 9.80 Å². The summed E-state index contributed by atoms with van der Waals surface area (Å²) in [4.78, 5) is 15.5. The van der Waals surface area contributed by atoms with Crippen molar-refractivity contribution in [2.45, 2.75) is 19.0 Å². The number of alkyl halides is 3. The second kappa shape index (κ2) is 8.82. The number of anilines is 1. The first-order valence-electron chi connectivity index (χ1n) is 7.89. The second-order valence-corrected chi connectivity index (χ2v) is 6.81. The van der Waals surface area contributed by atoms with Crippen LogP contribution in [0.2, 0.25) is 0 Å². The Labute approximate surface area is 148 Å². The minimum absolute atomic E-state index is 0.0892. The highest BCUT2D eigenvalue weighted by molar-refractivity contribution is 9.10. The van der Waals surface area contributed by atoms with Gasteiger partial charge in [0, 0.05) is 36.2 Å². The van der Waals surface area contributed by atoms with Crippen molar-refractivity contribution in [3.8, 4) is 0 Å². The van der Waals surface area contributed by atoms with Gasteiger partial charge in [-0.3, -0.25) is 9.69 Å². The van der Waals surface area contributed by atoms with Gasteiger partial charge in [0.25, 0.3) is 0 Å². The van der Waals surface area contributed by atoms with Crippen LogP contribution < -0.4 is 5.32 Å². The Kier molecular flexibility index (Phi) is 7.06. The molecule has 0 spiro atoms. The number of hydrogen-bond donors (Lipinski definition) is 1. The third kappa shape index (κ3) is 7.19. The smallest absolute Gasteiger partial charge is 0.326 e. The fourth-order valence-electron chi connectivity index (χ4n) is 2.68. The molecule has 1 heterocycles. The van der Waals surface area contributed by atoms with Crippen LogP contribution in [0.4, 0.5) is 18.9 Å². The summed E-state index contributed by atoms with van der Waals surface area (Å²) < 4.78 is 38.3. The maximum absolute atomic E-state index is 12.4. The molecule has 1 fully saturated rings. The van der Waals surface area contributed by atoms with Gasteiger partial charge in [-0.2, -0.15) is 13.2 Å². The van der Waals surface area contributed by atoms with Gasteiger partial charge in [0.2, 0.25) is 5.91 Å². The Bertz CT molecular complexity index is 536. The lowest BCUT2D eigenvalue weighted by Gasteiger charge is -2.22. The Morgan fingerprint density at radius 2 is 1.71 bits per heavy atom. The highest BCUT2D eigenvalue weighted by Gasteiger charge is 2.31. The van der Waals surface area contributed by atoms with Gasteiger partial charge in [0.1, 0.15) is 0 Å². The molecular weight excluding hydrogens is 387 g/mol. The standard InChI is InChI=1S/C16H21BrF3N3O/c17-13-2-4-14(5-3-13)21-15(24)6-9-22-7-1-8-23(11-10-22)12-16(18,19)20/h2-5H,1,6-12H2,(H,21,24). The van der Waals surface area contributed by atoms with Crippen molar-refractivity contribution in [3.63, 3.8) is 0 Å². The summed E-state index contributed by atoms with van der Waals surface area (Å²) in [5.74, 6) is -0.0892. The molecule has 4 nitrogen and oxygen atoms in total. The average Bonchev–Trinajstić information content (AvgIpc) is 2.71. The van der Waals surface area contributed by atoms with Crippen LogP contribution in [-0.2, 0) is 4.79 Å². The summed E-state index contributed by atoms with van der Waals surface area (Å²) in [6.45, 7) is 1.81. The number of halogens is 4. The zero-order valence-corrected chi connectivity index (χ0v) is 14.9. The Morgan fingerprint density at radius 1 is 1.08 bits per heavy atom. The molecule has 0 aromatic heterocycles. The van der Waals surface area contributed by atoms with E-state index in [1.165, 1.54) is 4.90 Å². The predicted octanol–water partition coefficient (Wildman–Crippen LogP) is 3.35. The van der Waals surface area contributed by atoms with Crippen molar-refractivity contribution in [2.75, 3.05) is 44.6 Å². The summed E-state index contributed by atoms with van der Waals surface area (Å²) in [6, 6.07) is 7.31. The van der Waals surface area contributed by atoms with E-state index in [1.54, 1.807) is 0 Å². The zero-order valence-electron chi connectivity index (χ0n) is 13.3. The zero-order chi connectivity index (χ0) is 17.6. The Hall–Kier alpha value is -1.12. The van der Waals surface area contributed by atoms with E-state index in [2.05, 4.69) is 26.1 Å². The predicted molar refractivity (Wildman–Crippen MR) is 90.9 cm³/mol. The van der Waals surface area contributed by atoms with Gasteiger partial charge < -0.3 is 10.2 Å². The minimum Gasteiger partial charge on any atom is -0.326 e. The first-order valence-corrected chi connectivity index (χ1v) is 8.68. The SMILES string of the molecule is O=C(CCN1CCCN(CC(F)(F)F)CC1)Nc1ccc(Br)cc1. The molecule has 0 bridgehead atoms. The molecule has 8 heteroatoms. The van der Waals surface area contributed by atoms with Crippen molar-refractivity contribution in [1.29, 1.82) is 0 Å². The second-order valence-electron chi connectivity index (χ2n) is 5.89. The number of rotatable bonds is 5. The van der Waals surface area contributed by atoms with Gasteiger partial charge in [-0.25, -0.2) is 0 Å². The van der Waals surface area contributed by atoms with E-state index in [9.17, 15) is 18.0 Å². The van der Waals surface area contributed by atoms with E-state index in [1.807, 2.05) is 24.3 Å². The maximum Gasteiger partial charge on any atom is 0.401 e. The Balaban J connectivity index is 1.72. The number of carbonyl (C=O) groups excluding carboxylic acids is 1. The largest absolute Gasteiger partial charge is 0.401 e. The number of nitrogens with zero attached hydrogens (tertiary/aromatic N) is 2. The van der Waals surface area contributed by atoms with Crippen LogP contribution in [0, 0.1) is 0 Å². The maximum atomic E-state index is 12.4. The molecule has 24 heavy (non-hydrogen) atoms. The average molecular weight is 408 g/mol. The van der Waals surface area contributed by atoms with Crippen LogP contribution in [-0.4, -0.2) is 61.2 Å². The molecule has 1 aromatic carbocycles. The molecule has 1 aliphatic heterocycles. The summed E-state index contributed by atoms with van der Waals surface area (Å²) >= 11 is 3.33. The molecule has 0 saturated carbocycles. The fraction of sp³-hybridized carbons (Fsp3) is 0.562. The lowest BCUT2D eigenvalue weighted by molar-refractivity contribution is -0.145. The monoisotopic (exact) mass is 407 g/mol. The summed E-state index contributed by atoms with van der Waals surface area (Å²) in [7, 11) is 0. The van der Waals surface area contributed by atoms with Crippen molar-refractivity contribution < 1.29 is 18.0 Å². The molecular formula is C16H21BrF3N3O. The van der Waals surface area contributed by atoms with Crippen molar-refractivity contribution >= 4 is 27.5 Å². The molecule has 0 atom stereocenters. The van der Waals surface area contributed by atoms with Crippen LogP contribution >= 0.6 is 15.9 Å². The summed E-state index contributed by atoms with van der Waals surface area (Å²) in [5.41, 5.74) is 0.732. The molecule has 0 unspecified atom stereocenters. The topological polar surface area (TPSA) is 35.6 Å². The van der Waals surface area contributed by atoms with Gasteiger partial charge in [-0.05, 0) is 43.8 Å². The van der Waals surface area contributed by atoms with Crippen LogP contribution in [0.1, 0.15) is 12.8 Å². The molecule has 1 amide bonds. The fourth-order valence-corrected chi connectivity index (χ4v) is 2.94. The van der Waals surface area contributed by atoms with Gasteiger partial charge in [-0.1, -0.05) is 15.9 Å². The van der Waals surface area contributed by atoms with Gasteiger partial charge in [0.15, 0.2) is 0 Å². The highest BCUT2D eigenvalue weighted by atomic mass is 79.9. The summed E-state index contributed by atoms with van der Waals surface area (Å²) in [6.07, 6.45) is -3.14. The van der Waals surface area contributed by atoms with E-state index in [4.69, 9.17) is 0 Å². The van der Waals surface area contributed by atoms with E-state index in [-0.39, 0.29) is 5.91 Å². The highest BCUT2D eigenvalue weighted by Crippen LogP contribution is 2.18. The normalized spacial score (nSPS) is 17.5. The quantitative estimate of drug-likeness (QED) is 0.812. The van der Waals surface area contributed by atoms with Crippen LogP contribution in [0.15, 0.2) is 28.7 Å². The van der Waals surface area contributed by atoms with E-state index >= 15 is 0 Å². The number of carbonyl (C=O) groups is 1. The van der Waals surface area contributed by atoms with Gasteiger partial charge in [0.05, 0.1) is 6.54 Å². The molecule has 2 rings (SSSR count). The molecule has 1 N–H and O–H groups in total. The molecule has 134 valence electrons. The summed E-state index contributed by atoms with van der Waals surface area (Å²) in [5, 5.41) is 2.82. The number of benzene rings is 1. The van der Waals surface area contributed by atoms with Crippen molar-refractivity contribution in [3.05, 3.63) is 28.7 Å². The third-order valence-corrected chi connectivity index (χ3v) is 4.40. The Morgan fingerprint density at radius 3 is 2.38 bits per heavy atom. The molecule has 0 aliphatic carbocycles. The van der Waals surface area contributed by atoms with E-state index in [0.29, 0.717) is 39.0 Å².